The van der Waals surface area contributed by atoms with Crippen molar-refractivity contribution in [2.75, 3.05) is 43.1 Å². The molecular weight excluding hydrogens is 430 g/mol. The van der Waals surface area contributed by atoms with Crippen LogP contribution >= 0.6 is 0 Å². The van der Waals surface area contributed by atoms with Crippen LogP contribution in [0.15, 0.2) is 47.4 Å². The van der Waals surface area contributed by atoms with Gasteiger partial charge in [0.2, 0.25) is 21.8 Å². The number of piperazine rings is 1. The van der Waals surface area contributed by atoms with E-state index in [9.17, 15) is 18.0 Å². The van der Waals surface area contributed by atoms with Crippen LogP contribution in [0.3, 0.4) is 0 Å². The highest BCUT2D eigenvalue weighted by atomic mass is 32.2. The van der Waals surface area contributed by atoms with Gasteiger partial charge in [0, 0.05) is 44.7 Å². The highest BCUT2D eigenvalue weighted by molar-refractivity contribution is 7.89. The Morgan fingerprint density at radius 1 is 0.875 bits per heavy atom. The van der Waals surface area contributed by atoms with Crippen LogP contribution < -0.4 is 14.5 Å². The third-order valence-corrected chi connectivity index (χ3v) is 7.83. The molecule has 0 atom stereocenters. The van der Waals surface area contributed by atoms with Crippen molar-refractivity contribution in [1.29, 1.82) is 0 Å². The molecule has 0 N–H and O–H groups in total. The van der Waals surface area contributed by atoms with Crippen molar-refractivity contribution in [1.82, 2.24) is 4.31 Å². The predicted octanol–water partition coefficient (Wildman–Crippen LogP) is 2.56. The number of hydrogen-bond donors (Lipinski definition) is 0. The van der Waals surface area contributed by atoms with Crippen LogP contribution in [-0.2, 0) is 19.6 Å². The Labute approximate surface area is 188 Å². The first-order valence-electron chi connectivity index (χ1n) is 10.7. The van der Waals surface area contributed by atoms with Gasteiger partial charge >= 0.3 is 0 Å². The van der Waals surface area contributed by atoms with E-state index in [-0.39, 0.29) is 41.0 Å². The molecule has 2 fully saturated rings. The van der Waals surface area contributed by atoms with Crippen LogP contribution in [0.25, 0.3) is 0 Å². The van der Waals surface area contributed by atoms with E-state index in [4.69, 9.17) is 4.74 Å². The van der Waals surface area contributed by atoms with Gasteiger partial charge in [0.25, 0.3) is 0 Å². The molecule has 2 aromatic rings. The summed E-state index contributed by atoms with van der Waals surface area (Å²) in [6, 6.07) is 12.6. The monoisotopic (exact) mass is 457 g/mol. The van der Waals surface area contributed by atoms with Crippen molar-refractivity contribution < 1.29 is 22.7 Å². The molecule has 9 heteroatoms. The van der Waals surface area contributed by atoms with E-state index in [1.165, 1.54) is 23.5 Å². The summed E-state index contributed by atoms with van der Waals surface area (Å²) in [5.74, 6) is -0.449. The molecule has 4 rings (SSSR count). The number of rotatable bonds is 5. The zero-order valence-electron chi connectivity index (χ0n) is 18.3. The lowest BCUT2D eigenvalue weighted by Crippen LogP contribution is -2.48. The van der Waals surface area contributed by atoms with Gasteiger partial charge in [0.15, 0.2) is 0 Å². The lowest BCUT2D eigenvalue weighted by atomic mass is 10.1. The molecule has 2 aliphatic heterocycles. The first-order valence-corrected chi connectivity index (χ1v) is 12.1. The molecule has 0 aromatic heterocycles. The van der Waals surface area contributed by atoms with Crippen molar-refractivity contribution in [2.45, 2.75) is 31.1 Å². The average molecular weight is 458 g/mol. The van der Waals surface area contributed by atoms with Crippen molar-refractivity contribution in [3.05, 3.63) is 48.0 Å². The Morgan fingerprint density at radius 2 is 1.56 bits per heavy atom. The first kappa shape index (κ1) is 22.3. The van der Waals surface area contributed by atoms with Gasteiger partial charge in [-0.2, -0.15) is 4.31 Å². The van der Waals surface area contributed by atoms with E-state index in [1.807, 2.05) is 25.1 Å². The summed E-state index contributed by atoms with van der Waals surface area (Å²) in [5, 5.41) is 0. The molecule has 170 valence electrons. The normalized spacial score (nSPS) is 18.2. The van der Waals surface area contributed by atoms with Gasteiger partial charge in [-0.3, -0.25) is 14.5 Å². The maximum absolute atomic E-state index is 13.5. The molecule has 2 saturated heterocycles. The Morgan fingerprint density at radius 3 is 2.19 bits per heavy atom. The highest BCUT2D eigenvalue weighted by Gasteiger charge is 2.33. The van der Waals surface area contributed by atoms with Gasteiger partial charge in [0.05, 0.1) is 12.8 Å². The van der Waals surface area contributed by atoms with Gasteiger partial charge in [-0.15, -0.1) is 0 Å². The number of carbonyl (C=O) groups excluding carboxylic acids is 2. The molecule has 0 saturated carbocycles. The molecule has 0 radical (unpaired) electrons. The van der Waals surface area contributed by atoms with E-state index in [2.05, 4.69) is 11.0 Å². The van der Waals surface area contributed by atoms with Crippen LogP contribution in [0.5, 0.6) is 5.75 Å². The molecule has 0 aliphatic carbocycles. The summed E-state index contributed by atoms with van der Waals surface area (Å²) in [6.45, 7) is 3.80. The second-order valence-electron chi connectivity index (χ2n) is 8.04. The second kappa shape index (κ2) is 8.91. The maximum Gasteiger partial charge on any atom is 0.246 e. The fourth-order valence-electron chi connectivity index (χ4n) is 4.20. The van der Waals surface area contributed by atoms with Gasteiger partial charge in [-0.25, -0.2) is 8.42 Å². The quantitative estimate of drug-likeness (QED) is 0.642. The summed E-state index contributed by atoms with van der Waals surface area (Å²) in [7, 11) is -2.48. The largest absolute Gasteiger partial charge is 0.495 e. The zero-order chi connectivity index (χ0) is 22.9. The van der Waals surface area contributed by atoms with Crippen LogP contribution in [0.2, 0.25) is 0 Å². The number of aryl methyl sites for hydroxylation is 1. The molecule has 2 amide bonds. The van der Waals surface area contributed by atoms with E-state index in [1.54, 1.807) is 6.07 Å². The van der Waals surface area contributed by atoms with Crippen LogP contribution in [0.1, 0.15) is 24.8 Å². The minimum atomic E-state index is -3.88. The number of piperidine rings is 1. The molecule has 2 aliphatic rings. The molecule has 0 spiro atoms. The summed E-state index contributed by atoms with van der Waals surface area (Å²) >= 11 is 0. The summed E-state index contributed by atoms with van der Waals surface area (Å²) in [4.78, 5) is 27.9. The molecular formula is C23H27N3O5S. The summed E-state index contributed by atoms with van der Waals surface area (Å²) in [5.41, 5.74) is 2.49. The fraction of sp³-hybridized carbons (Fsp3) is 0.391. The first-order chi connectivity index (χ1) is 15.3. The number of amides is 2. The number of carbonyl (C=O) groups is 2. The molecule has 2 heterocycles. The lowest BCUT2D eigenvalue weighted by Gasteiger charge is -2.35. The Balaban J connectivity index is 1.59. The predicted molar refractivity (Wildman–Crippen MR) is 121 cm³/mol. The van der Waals surface area contributed by atoms with E-state index < -0.39 is 10.0 Å². The molecule has 32 heavy (non-hydrogen) atoms. The number of ether oxygens (including phenoxy) is 1. The zero-order valence-corrected chi connectivity index (χ0v) is 19.1. The van der Waals surface area contributed by atoms with Crippen molar-refractivity contribution in [2.24, 2.45) is 0 Å². The summed E-state index contributed by atoms with van der Waals surface area (Å²) < 4.78 is 33.8. The van der Waals surface area contributed by atoms with E-state index in [0.29, 0.717) is 32.6 Å². The van der Waals surface area contributed by atoms with Crippen LogP contribution in [0, 0.1) is 6.92 Å². The number of sulfonamides is 1. The number of benzene rings is 2. The Bertz CT molecular complexity index is 1120. The van der Waals surface area contributed by atoms with Gasteiger partial charge in [-0.1, -0.05) is 12.1 Å². The summed E-state index contributed by atoms with van der Waals surface area (Å²) in [6.07, 6.45) is 1.04. The smallest absolute Gasteiger partial charge is 0.246 e. The topological polar surface area (TPSA) is 87.2 Å². The number of methoxy groups -OCH3 is 1. The number of hydrogen-bond acceptors (Lipinski definition) is 6. The fourth-order valence-corrected chi connectivity index (χ4v) is 5.80. The SMILES string of the molecule is COc1ccc(N2C(=O)CCCC2=O)cc1S(=O)(=O)N1CCN(c2cccc(C)c2)CC1. The number of anilines is 2. The van der Waals surface area contributed by atoms with Crippen LogP contribution in [0.4, 0.5) is 11.4 Å². The Kier molecular flexibility index (Phi) is 6.21. The minimum absolute atomic E-state index is 0.0346. The van der Waals surface area contributed by atoms with Crippen molar-refractivity contribution in [3.63, 3.8) is 0 Å². The molecule has 8 nitrogen and oxygen atoms in total. The van der Waals surface area contributed by atoms with Crippen LogP contribution in [-0.4, -0.2) is 57.8 Å². The molecule has 2 aromatic carbocycles. The van der Waals surface area contributed by atoms with Crippen molar-refractivity contribution >= 4 is 33.2 Å². The van der Waals surface area contributed by atoms with E-state index in [0.717, 1.165) is 16.2 Å². The highest BCUT2D eigenvalue weighted by Crippen LogP contribution is 2.33. The average Bonchev–Trinajstić information content (AvgIpc) is 2.79. The minimum Gasteiger partial charge on any atom is -0.495 e. The van der Waals surface area contributed by atoms with Gasteiger partial charge in [0.1, 0.15) is 10.6 Å². The van der Waals surface area contributed by atoms with E-state index >= 15 is 0 Å². The molecule has 0 unspecified atom stereocenters. The third-order valence-electron chi connectivity index (χ3n) is 5.91. The van der Waals surface area contributed by atoms with Crippen molar-refractivity contribution in [3.8, 4) is 5.75 Å². The standard InChI is InChI=1S/C23H27N3O5S/c1-17-5-3-6-18(15-17)24-11-13-25(14-12-24)32(29,30)21-16-19(9-10-20(21)31-2)26-22(27)7-4-8-23(26)28/h3,5-6,9-10,15-16H,4,7-8,11-14H2,1-2H3. The maximum atomic E-state index is 13.5. The third kappa shape index (κ3) is 4.22. The lowest BCUT2D eigenvalue weighted by molar-refractivity contribution is -0.129. The Hall–Kier alpha value is -2.91. The van der Waals surface area contributed by atoms with Gasteiger partial charge < -0.3 is 9.64 Å². The number of imide groups is 1. The van der Waals surface area contributed by atoms with Gasteiger partial charge in [-0.05, 0) is 49.2 Å². The number of nitrogens with zero attached hydrogens (tertiary/aromatic N) is 3. The second-order valence-corrected chi connectivity index (χ2v) is 9.95. The molecule has 0 bridgehead atoms.